The zero-order chi connectivity index (χ0) is 17.6. The third-order valence-electron chi connectivity index (χ3n) is 3.69. The van der Waals surface area contributed by atoms with Crippen LogP contribution in [0, 0.1) is 0 Å². The van der Waals surface area contributed by atoms with Crippen molar-refractivity contribution in [2.75, 3.05) is 25.3 Å². The SMILES string of the molecule is CCCOc1c(Cl)cc(CNc2ccc3c(c2)OCO3)cc1OCC. The normalized spacial score (nSPS) is 12.1. The van der Waals surface area contributed by atoms with Crippen molar-refractivity contribution >= 4 is 17.3 Å². The smallest absolute Gasteiger partial charge is 0.231 e. The fraction of sp³-hybridized carbons (Fsp3) is 0.368. The summed E-state index contributed by atoms with van der Waals surface area (Å²) in [5.41, 5.74) is 1.96. The van der Waals surface area contributed by atoms with Gasteiger partial charge in [-0.15, -0.1) is 0 Å². The van der Waals surface area contributed by atoms with Gasteiger partial charge in [-0.1, -0.05) is 18.5 Å². The van der Waals surface area contributed by atoms with Crippen LogP contribution in [0.25, 0.3) is 0 Å². The van der Waals surface area contributed by atoms with Crippen molar-refractivity contribution in [2.45, 2.75) is 26.8 Å². The summed E-state index contributed by atoms with van der Waals surface area (Å²) in [4.78, 5) is 0. The van der Waals surface area contributed by atoms with Gasteiger partial charge in [-0.2, -0.15) is 0 Å². The first kappa shape index (κ1) is 17.5. The van der Waals surface area contributed by atoms with Crippen molar-refractivity contribution in [3.63, 3.8) is 0 Å². The van der Waals surface area contributed by atoms with Crippen molar-refractivity contribution in [2.24, 2.45) is 0 Å². The molecule has 1 aliphatic heterocycles. The monoisotopic (exact) mass is 363 g/mol. The van der Waals surface area contributed by atoms with E-state index in [1.165, 1.54) is 0 Å². The lowest BCUT2D eigenvalue weighted by atomic mass is 10.2. The van der Waals surface area contributed by atoms with Crippen LogP contribution in [0.4, 0.5) is 5.69 Å². The number of anilines is 1. The summed E-state index contributed by atoms with van der Waals surface area (Å²) in [6, 6.07) is 9.63. The van der Waals surface area contributed by atoms with Crippen LogP contribution >= 0.6 is 11.6 Å². The molecular weight excluding hydrogens is 342 g/mol. The molecule has 0 aromatic heterocycles. The summed E-state index contributed by atoms with van der Waals surface area (Å²) in [6.45, 7) is 6.03. The van der Waals surface area contributed by atoms with Crippen molar-refractivity contribution in [1.82, 2.24) is 0 Å². The van der Waals surface area contributed by atoms with E-state index >= 15 is 0 Å². The maximum Gasteiger partial charge on any atom is 0.231 e. The van der Waals surface area contributed by atoms with Gasteiger partial charge in [0.25, 0.3) is 0 Å². The first-order valence-corrected chi connectivity index (χ1v) is 8.80. The lowest BCUT2D eigenvalue weighted by molar-refractivity contribution is 0.174. The molecule has 0 aliphatic carbocycles. The summed E-state index contributed by atoms with van der Waals surface area (Å²) < 4.78 is 22.1. The molecule has 0 saturated heterocycles. The van der Waals surface area contributed by atoms with Crippen molar-refractivity contribution < 1.29 is 18.9 Å². The molecule has 6 heteroatoms. The second kappa shape index (κ2) is 8.21. The van der Waals surface area contributed by atoms with Crippen LogP contribution in [-0.2, 0) is 6.54 Å². The minimum atomic E-state index is 0.269. The molecule has 0 fully saturated rings. The summed E-state index contributed by atoms with van der Waals surface area (Å²) in [7, 11) is 0. The molecule has 5 nitrogen and oxygen atoms in total. The Labute approximate surface area is 152 Å². The van der Waals surface area contributed by atoms with Gasteiger partial charge in [0.1, 0.15) is 0 Å². The van der Waals surface area contributed by atoms with Crippen LogP contribution in [0.15, 0.2) is 30.3 Å². The van der Waals surface area contributed by atoms with E-state index in [9.17, 15) is 0 Å². The second-order valence-electron chi connectivity index (χ2n) is 5.61. The highest BCUT2D eigenvalue weighted by Crippen LogP contribution is 2.38. The zero-order valence-corrected chi connectivity index (χ0v) is 15.2. The van der Waals surface area contributed by atoms with E-state index in [1.54, 1.807) is 0 Å². The van der Waals surface area contributed by atoms with Crippen LogP contribution in [0.5, 0.6) is 23.0 Å². The Bertz CT molecular complexity index is 736. The van der Waals surface area contributed by atoms with Gasteiger partial charge in [0, 0.05) is 18.3 Å². The van der Waals surface area contributed by atoms with Gasteiger partial charge in [0.15, 0.2) is 23.0 Å². The minimum absolute atomic E-state index is 0.269. The summed E-state index contributed by atoms with van der Waals surface area (Å²) in [5.74, 6) is 2.80. The van der Waals surface area contributed by atoms with Crippen LogP contribution in [0.2, 0.25) is 5.02 Å². The van der Waals surface area contributed by atoms with E-state index in [0.29, 0.717) is 36.3 Å². The third kappa shape index (κ3) is 4.23. The fourth-order valence-corrected chi connectivity index (χ4v) is 2.83. The predicted molar refractivity (Wildman–Crippen MR) is 98.3 cm³/mol. The highest BCUT2D eigenvalue weighted by molar-refractivity contribution is 6.32. The minimum Gasteiger partial charge on any atom is -0.490 e. The van der Waals surface area contributed by atoms with Gasteiger partial charge >= 0.3 is 0 Å². The molecule has 25 heavy (non-hydrogen) atoms. The number of hydrogen-bond acceptors (Lipinski definition) is 5. The highest BCUT2D eigenvalue weighted by atomic mass is 35.5. The highest BCUT2D eigenvalue weighted by Gasteiger charge is 2.14. The molecule has 3 rings (SSSR count). The first-order chi connectivity index (χ1) is 12.2. The van der Waals surface area contributed by atoms with Gasteiger partial charge < -0.3 is 24.3 Å². The Balaban J connectivity index is 1.73. The molecule has 0 amide bonds. The molecule has 0 spiro atoms. The maximum atomic E-state index is 6.40. The Morgan fingerprint density at radius 1 is 1.08 bits per heavy atom. The second-order valence-corrected chi connectivity index (χ2v) is 6.02. The lowest BCUT2D eigenvalue weighted by Gasteiger charge is -2.15. The molecule has 0 saturated carbocycles. The van der Waals surface area contributed by atoms with Crippen LogP contribution in [-0.4, -0.2) is 20.0 Å². The van der Waals surface area contributed by atoms with Gasteiger partial charge in [0.2, 0.25) is 6.79 Å². The fourth-order valence-electron chi connectivity index (χ4n) is 2.54. The van der Waals surface area contributed by atoms with Gasteiger partial charge in [-0.3, -0.25) is 0 Å². The Morgan fingerprint density at radius 3 is 2.72 bits per heavy atom. The van der Waals surface area contributed by atoms with Crippen molar-refractivity contribution in [1.29, 1.82) is 0 Å². The number of ether oxygens (including phenoxy) is 4. The Morgan fingerprint density at radius 2 is 1.92 bits per heavy atom. The zero-order valence-electron chi connectivity index (χ0n) is 14.4. The largest absolute Gasteiger partial charge is 0.490 e. The topological polar surface area (TPSA) is 49.0 Å². The molecule has 0 unspecified atom stereocenters. The van der Waals surface area contributed by atoms with E-state index < -0.39 is 0 Å². The molecule has 1 heterocycles. The Hall–Kier alpha value is -2.27. The number of hydrogen-bond donors (Lipinski definition) is 1. The summed E-state index contributed by atoms with van der Waals surface area (Å²) >= 11 is 6.40. The first-order valence-electron chi connectivity index (χ1n) is 8.42. The van der Waals surface area contributed by atoms with E-state index in [1.807, 2.05) is 37.3 Å². The average Bonchev–Trinajstić information content (AvgIpc) is 3.07. The molecular formula is C19H22ClNO4. The standard InChI is InChI=1S/C19H22ClNO4/c1-3-7-23-19-15(20)8-13(9-18(19)22-4-2)11-21-14-5-6-16-17(10-14)25-12-24-16/h5-6,8-10,21H,3-4,7,11-12H2,1-2H3. The van der Waals surface area contributed by atoms with Gasteiger partial charge in [-0.25, -0.2) is 0 Å². The maximum absolute atomic E-state index is 6.40. The third-order valence-corrected chi connectivity index (χ3v) is 3.97. The van der Waals surface area contributed by atoms with E-state index in [2.05, 4.69) is 12.2 Å². The van der Waals surface area contributed by atoms with Crippen molar-refractivity contribution in [3.8, 4) is 23.0 Å². The Kier molecular flexibility index (Phi) is 5.76. The predicted octanol–water partition coefficient (Wildman–Crippen LogP) is 4.87. The van der Waals surface area contributed by atoms with Crippen LogP contribution < -0.4 is 24.3 Å². The average molecular weight is 364 g/mol. The number of fused-ring (bicyclic) bond motifs is 1. The molecule has 134 valence electrons. The molecule has 2 aromatic rings. The van der Waals surface area contributed by atoms with E-state index in [4.69, 9.17) is 30.5 Å². The van der Waals surface area contributed by atoms with Crippen LogP contribution in [0.1, 0.15) is 25.8 Å². The number of nitrogens with one attached hydrogen (secondary N) is 1. The van der Waals surface area contributed by atoms with Gasteiger partial charge in [0.05, 0.1) is 18.2 Å². The summed E-state index contributed by atoms with van der Waals surface area (Å²) in [5, 5.41) is 3.92. The molecule has 2 aromatic carbocycles. The molecule has 0 bridgehead atoms. The quantitative estimate of drug-likeness (QED) is 0.725. The number of rotatable bonds is 8. The van der Waals surface area contributed by atoms with Crippen molar-refractivity contribution in [3.05, 3.63) is 40.9 Å². The van der Waals surface area contributed by atoms with Crippen LogP contribution in [0.3, 0.4) is 0 Å². The summed E-state index contributed by atoms with van der Waals surface area (Å²) in [6.07, 6.45) is 0.912. The van der Waals surface area contributed by atoms with E-state index in [-0.39, 0.29) is 6.79 Å². The molecule has 0 radical (unpaired) electrons. The number of halogens is 1. The molecule has 0 atom stereocenters. The van der Waals surface area contributed by atoms with E-state index in [0.717, 1.165) is 29.2 Å². The molecule has 1 aliphatic rings. The van der Waals surface area contributed by atoms with Gasteiger partial charge in [-0.05, 0) is 43.2 Å². The molecule has 1 N–H and O–H groups in total. The lowest BCUT2D eigenvalue weighted by Crippen LogP contribution is -2.04. The number of benzene rings is 2.